The maximum atomic E-state index is 5.95. The van der Waals surface area contributed by atoms with Gasteiger partial charge in [0.15, 0.2) is 5.66 Å². The molecule has 0 spiro atoms. The second kappa shape index (κ2) is 7.19. The minimum absolute atomic E-state index is 0.288. The van der Waals surface area contributed by atoms with Crippen LogP contribution >= 0.6 is 0 Å². The van der Waals surface area contributed by atoms with Crippen molar-refractivity contribution < 1.29 is 0 Å². The summed E-state index contributed by atoms with van der Waals surface area (Å²) in [5.41, 5.74) is 8.71. The molecule has 5 nitrogen and oxygen atoms in total. The van der Waals surface area contributed by atoms with E-state index in [1.807, 2.05) is 0 Å². The Morgan fingerprint density at radius 3 is 2.36 bits per heavy atom. The maximum Gasteiger partial charge on any atom is 0.221 e. The minimum Gasteiger partial charge on any atom is -0.368 e. The highest BCUT2D eigenvalue weighted by atomic mass is 28.3. The molecule has 1 atom stereocenters. The van der Waals surface area contributed by atoms with Crippen molar-refractivity contribution in [2.24, 2.45) is 27.6 Å². The third-order valence-corrected chi connectivity index (χ3v) is 3.76. The molecular weight excluding hydrogens is 290 g/mol. The van der Waals surface area contributed by atoms with Crippen LogP contribution in [-0.2, 0) is 0 Å². The third kappa shape index (κ3) is 6.52. The Hall–Kier alpha value is -1.48. The summed E-state index contributed by atoms with van der Waals surface area (Å²) in [5, 5.41) is 6.67. The van der Waals surface area contributed by atoms with Crippen LogP contribution in [0.4, 0.5) is 0 Å². The smallest absolute Gasteiger partial charge is 0.221 e. The molecule has 1 aliphatic rings. The third-order valence-electron chi connectivity index (χ3n) is 2.88. The first-order valence-corrected chi connectivity index (χ1v) is 11.5. The van der Waals surface area contributed by atoms with Crippen molar-refractivity contribution in [1.82, 2.24) is 10.6 Å². The van der Waals surface area contributed by atoms with Gasteiger partial charge in [-0.2, -0.15) is 4.99 Å². The second-order valence-electron chi connectivity index (χ2n) is 7.79. The summed E-state index contributed by atoms with van der Waals surface area (Å²) < 4.78 is 0. The van der Waals surface area contributed by atoms with Gasteiger partial charge in [0.2, 0.25) is 11.9 Å². The highest BCUT2D eigenvalue weighted by Gasteiger charge is 2.33. The van der Waals surface area contributed by atoms with E-state index in [1.54, 1.807) is 0 Å². The molecule has 0 saturated heterocycles. The van der Waals surface area contributed by atoms with Crippen LogP contribution in [0, 0.1) is 23.3 Å². The molecule has 0 aliphatic carbocycles. The highest BCUT2D eigenvalue weighted by molar-refractivity contribution is 6.83. The number of hydrogen-bond donors (Lipinski definition) is 3. The van der Waals surface area contributed by atoms with Crippen molar-refractivity contribution in [3.63, 3.8) is 0 Å². The molecule has 1 rings (SSSR count). The molecule has 0 aromatic carbocycles. The molecular formula is C16H31N5Si. The number of rotatable bonds is 4. The lowest BCUT2D eigenvalue weighted by atomic mass is 9.98. The molecule has 124 valence electrons. The molecule has 0 aromatic heterocycles. The molecule has 22 heavy (non-hydrogen) atoms. The maximum absolute atomic E-state index is 5.95. The van der Waals surface area contributed by atoms with E-state index in [1.165, 1.54) is 0 Å². The minimum atomic E-state index is -1.49. The lowest BCUT2D eigenvalue weighted by molar-refractivity contribution is 0.392. The van der Waals surface area contributed by atoms with E-state index in [0.29, 0.717) is 17.8 Å². The van der Waals surface area contributed by atoms with E-state index in [4.69, 9.17) is 5.73 Å². The lowest BCUT2D eigenvalue weighted by Crippen LogP contribution is -2.56. The second-order valence-corrected chi connectivity index (χ2v) is 12.5. The van der Waals surface area contributed by atoms with Crippen LogP contribution in [0.1, 0.15) is 34.1 Å². The van der Waals surface area contributed by atoms with Crippen LogP contribution < -0.4 is 16.4 Å². The molecule has 1 heterocycles. The van der Waals surface area contributed by atoms with E-state index < -0.39 is 13.7 Å². The largest absolute Gasteiger partial charge is 0.368 e. The number of hydrogen-bond acceptors (Lipinski definition) is 5. The van der Waals surface area contributed by atoms with Gasteiger partial charge >= 0.3 is 0 Å². The molecule has 0 saturated carbocycles. The zero-order valence-electron chi connectivity index (χ0n) is 15.0. The fraction of sp³-hybridized carbons (Fsp3) is 0.750. The molecule has 6 heteroatoms. The monoisotopic (exact) mass is 321 g/mol. The van der Waals surface area contributed by atoms with Gasteiger partial charge in [-0.05, 0) is 11.8 Å². The summed E-state index contributed by atoms with van der Waals surface area (Å²) in [5.74, 6) is 5.30. The van der Waals surface area contributed by atoms with Crippen molar-refractivity contribution in [1.29, 1.82) is 0 Å². The van der Waals surface area contributed by atoms with Gasteiger partial charge in [-0.1, -0.05) is 53.3 Å². The Kier molecular flexibility index (Phi) is 6.06. The Bertz CT molecular complexity index is 505. The standard InChI is InChI=1S/C16H31N5Si/c1-12(2)10-16(8-9-22(5,6)7)20-14(17)19-15(21-16)18-11-13(3)4/h12-13H,10-11H2,1-7H3,(H4,17,18,19,20,21). The first-order chi connectivity index (χ1) is 10.0. The fourth-order valence-corrected chi connectivity index (χ4v) is 2.64. The molecule has 0 radical (unpaired) electrons. The van der Waals surface area contributed by atoms with Crippen molar-refractivity contribution in [3.8, 4) is 11.5 Å². The van der Waals surface area contributed by atoms with Gasteiger partial charge in [-0.3, -0.25) is 0 Å². The molecule has 0 bridgehead atoms. The van der Waals surface area contributed by atoms with Crippen LogP contribution in [0.25, 0.3) is 0 Å². The number of guanidine groups is 2. The zero-order valence-corrected chi connectivity index (χ0v) is 16.0. The van der Waals surface area contributed by atoms with E-state index >= 15 is 0 Å². The van der Waals surface area contributed by atoms with Gasteiger partial charge in [0.05, 0.1) is 0 Å². The summed E-state index contributed by atoms with van der Waals surface area (Å²) >= 11 is 0. The van der Waals surface area contributed by atoms with Gasteiger partial charge in [0, 0.05) is 13.0 Å². The zero-order chi connectivity index (χ0) is 17.0. The average molecular weight is 322 g/mol. The summed E-state index contributed by atoms with van der Waals surface area (Å²) in [6.45, 7) is 16.1. The van der Waals surface area contributed by atoms with Gasteiger partial charge in [0.25, 0.3) is 0 Å². The Morgan fingerprint density at radius 1 is 1.23 bits per heavy atom. The topological polar surface area (TPSA) is 74.8 Å². The summed E-state index contributed by atoms with van der Waals surface area (Å²) in [4.78, 5) is 8.81. The van der Waals surface area contributed by atoms with Crippen LogP contribution in [-0.4, -0.2) is 32.2 Å². The lowest BCUT2D eigenvalue weighted by Gasteiger charge is -2.32. The Labute approximate surface area is 136 Å². The Balaban J connectivity index is 3.06. The predicted octanol–water partition coefficient (Wildman–Crippen LogP) is 2.13. The van der Waals surface area contributed by atoms with E-state index in [9.17, 15) is 0 Å². The van der Waals surface area contributed by atoms with Crippen molar-refractivity contribution in [3.05, 3.63) is 0 Å². The number of nitrogens with zero attached hydrogens (tertiary/aromatic N) is 2. The van der Waals surface area contributed by atoms with Crippen molar-refractivity contribution >= 4 is 20.0 Å². The molecule has 1 unspecified atom stereocenters. The summed E-state index contributed by atoms with van der Waals surface area (Å²) in [6, 6.07) is 0. The fourth-order valence-electron chi connectivity index (χ4n) is 2.06. The van der Waals surface area contributed by atoms with Crippen LogP contribution in [0.2, 0.25) is 19.6 Å². The van der Waals surface area contributed by atoms with E-state index in [0.717, 1.165) is 13.0 Å². The SMILES string of the molecule is CC(C)CNC1=NC(N)=NC(C#C[Si](C)(C)C)(CC(C)C)N1. The number of nitrogens with one attached hydrogen (secondary N) is 2. The summed E-state index contributed by atoms with van der Waals surface area (Å²) in [7, 11) is -1.49. The quantitative estimate of drug-likeness (QED) is 0.548. The normalized spacial score (nSPS) is 21.7. The van der Waals surface area contributed by atoms with Crippen LogP contribution in [0.15, 0.2) is 9.98 Å². The first kappa shape index (κ1) is 18.6. The Morgan fingerprint density at radius 2 is 1.86 bits per heavy atom. The molecule has 1 aliphatic heterocycles. The molecule has 4 N–H and O–H groups in total. The number of aliphatic imine (C=N–C) groups is 2. The molecule has 0 fully saturated rings. The van der Waals surface area contributed by atoms with Gasteiger partial charge in [-0.25, -0.2) is 4.99 Å². The average Bonchev–Trinajstić information content (AvgIpc) is 2.32. The van der Waals surface area contributed by atoms with E-state index in [-0.39, 0.29) is 5.96 Å². The number of nitrogens with two attached hydrogens (primary N) is 1. The van der Waals surface area contributed by atoms with Crippen LogP contribution in [0.3, 0.4) is 0 Å². The van der Waals surface area contributed by atoms with Crippen molar-refractivity contribution in [2.75, 3.05) is 6.54 Å². The predicted molar refractivity (Wildman–Crippen MR) is 98.3 cm³/mol. The molecule has 0 amide bonds. The van der Waals surface area contributed by atoms with Gasteiger partial charge in [0.1, 0.15) is 8.07 Å². The van der Waals surface area contributed by atoms with Gasteiger partial charge < -0.3 is 16.4 Å². The first-order valence-electron chi connectivity index (χ1n) is 8.02. The van der Waals surface area contributed by atoms with Crippen LogP contribution in [0.5, 0.6) is 0 Å². The van der Waals surface area contributed by atoms with E-state index in [2.05, 4.69) is 79.4 Å². The molecule has 0 aromatic rings. The highest BCUT2D eigenvalue weighted by Crippen LogP contribution is 2.20. The van der Waals surface area contributed by atoms with Crippen molar-refractivity contribution in [2.45, 2.75) is 59.4 Å². The van der Waals surface area contributed by atoms with Gasteiger partial charge in [-0.15, -0.1) is 5.54 Å². The summed E-state index contributed by atoms with van der Waals surface area (Å²) in [6.07, 6.45) is 0.799.